The first-order chi connectivity index (χ1) is 13.6. The number of aryl methyl sites for hydroxylation is 1. The van der Waals surface area contributed by atoms with Crippen LogP contribution in [0.4, 0.5) is 0 Å². The molecule has 7 heteroatoms. The molecule has 1 aliphatic rings. The summed E-state index contributed by atoms with van der Waals surface area (Å²) in [5.74, 6) is 2.94. The maximum Gasteiger partial charge on any atom is 0.246 e. The third-order valence-corrected chi connectivity index (χ3v) is 4.77. The number of amides is 1. The molecule has 7 nitrogen and oxygen atoms in total. The summed E-state index contributed by atoms with van der Waals surface area (Å²) in [5.41, 5.74) is 0.894. The molecule has 0 spiro atoms. The first-order valence-electron chi connectivity index (χ1n) is 9.68. The summed E-state index contributed by atoms with van der Waals surface area (Å²) >= 11 is 0. The highest BCUT2D eigenvalue weighted by molar-refractivity contribution is 5.92. The average molecular weight is 385 g/mol. The smallest absolute Gasteiger partial charge is 0.246 e. The van der Waals surface area contributed by atoms with E-state index in [0.717, 1.165) is 24.8 Å². The van der Waals surface area contributed by atoms with Crippen molar-refractivity contribution in [3.8, 4) is 11.5 Å². The molecule has 1 fully saturated rings. The number of carbonyl (C=O) groups is 1. The van der Waals surface area contributed by atoms with Crippen LogP contribution in [0.25, 0.3) is 6.08 Å². The molecular formula is C21H27N3O4. The first-order valence-corrected chi connectivity index (χ1v) is 9.68. The number of nitrogens with zero attached hydrogens (tertiary/aromatic N) is 3. The molecule has 1 aromatic carbocycles. The van der Waals surface area contributed by atoms with E-state index >= 15 is 0 Å². The summed E-state index contributed by atoms with van der Waals surface area (Å²) in [6, 6.07) is 5.66. The van der Waals surface area contributed by atoms with E-state index < -0.39 is 0 Å². The molecule has 0 bridgehead atoms. The molecule has 150 valence electrons. The monoisotopic (exact) mass is 385 g/mol. The summed E-state index contributed by atoms with van der Waals surface area (Å²) in [6.07, 6.45) is 6.01. The zero-order chi connectivity index (χ0) is 19.9. The van der Waals surface area contributed by atoms with E-state index in [-0.39, 0.29) is 11.8 Å². The van der Waals surface area contributed by atoms with Gasteiger partial charge in [0.1, 0.15) is 0 Å². The number of hydrogen-bond acceptors (Lipinski definition) is 6. The van der Waals surface area contributed by atoms with Crippen LogP contribution in [-0.2, 0) is 4.79 Å². The van der Waals surface area contributed by atoms with Crippen LogP contribution in [0, 0.1) is 6.92 Å². The second-order valence-electron chi connectivity index (χ2n) is 6.87. The summed E-state index contributed by atoms with van der Waals surface area (Å²) in [7, 11) is 1.61. The third-order valence-electron chi connectivity index (χ3n) is 4.77. The van der Waals surface area contributed by atoms with Crippen LogP contribution in [0.15, 0.2) is 28.8 Å². The van der Waals surface area contributed by atoms with Crippen LogP contribution >= 0.6 is 0 Å². The Hall–Kier alpha value is -2.83. The number of aromatic nitrogens is 2. The summed E-state index contributed by atoms with van der Waals surface area (Å²) in [6.45, 7) is 5.88. The average Bonchev–Trinajstić information content (AvgIpc) is 3.17. The number of likely N-dealkylation sites (tertiary alicyclic amines) is 1. The number of benzene rings is 1. The van der Waals surface area contributed by atoms with Crippen LogP contribution in [0.3, 0.4) is 0 Å². The standard InChI is InChI=1S/C21H27N3O4/c1-4-13-27-18-7-5-16(14-19(18)26-3)6-8-20(25)24-11-9-17(10-12-24)21-22-15(2)23-28-21/h5-8,14,17H,4,9-13H2,1-3H3. The van der Waals surface area contributed by atoms with Crippen molar-refractivity contribution in [2.24, 2.45) is 0 Å². The minimum Gasteiger partial charge on any atom is -0.493 e. The molecule has 1 aromatic heterocycles. The maximum absolute atomic E-state index is 12.5. The lowest BCUT2D eigenvalue weighted by atomic mass is 9.96. The predicted octanol–water partition coefficient (Wildman–Crippen LogP) is 3.59. The van der Waals surface area contributed by atoms with Gasteiger partial charge in [-0.1, -0.05) is 18.1 Å². The van der Waals surface area contributed by atoms with Crippen molar-refractivity contribution in [1.29, 1.82) is 0 Å². The second-order valence-corrected chi connectivity index (χ2v) is 6.87. The SMILES string of the molecule is CCCOc1ccc(C=CC(=O)N2CCC(c3nc(C)no3)CC2)cc1OC. The van der Waals surface area contributed by atoms with Gasteiger partial charge in [0.25, 0.3) is 0 Å². The largest absolute Gasteiger partial charge is 0.493 e. The van der Waals surface area contributed by atoms with E-state index in [1.54, 1.807) is 13.2 Å². The zero-order valence-corrected chi connectivity index (χ0v) is 16.7. The fraction of sp³-hybridized carbons (Fsp3) is 0.476. The Labute approximate surface area is 165 Å². The molecular weight excluding hydrogens is 358 g/mol. The van der Waals surface area contributed by atoms with Gasteiger partial charge in [-0.2, -0.15) is 4.98 Å². The Kier molecular flexibility index (Phi) is 6.68. The van der Waals surface area contributed by atoms with Crippen LogP contribution in [-0.4, -0.2) is 47.8 Å². The Morgan fingerprint density at radius 3 is 2.75 bits per heavy atom. The van der Waals surface area contributed by atoms with Crippen LogP contribution in [0.5, 0.6) is 11.5 Å². The predicted molar refractivity (Wildman–Crippen MR) is 105 cm³/mol. The fourth-order valence-corrected chi connectivity index (χ4v) is 3.22. The number of carbonyl (C=O) groups excluding carboxylic acids is 1. The van der Waals surface area contributed by atoms with Gasteiger partial charge in [-0.05, 0) is 50.0 Å². The van der Waals surface area contributed by atoms with Gasteiger partial charge in [-0.25, -0.2) is 0 Å². The molecule has 0 aliphatic carbocycles. The molecule has 28 heavy (non-hydrogen) atoms. The molecule has 0 N–H and O–H groups in total. The zero-order valence-electron chi connectivity index (χ0n) is 16.7. The number of methoxy groups -OCH3 is 1. The minimum atomic E-state index is 0.00503. The Bertz CT molecular complexity index is 823. The topological polar surface area (TPSA) is 77.7 Å². The highest BCUT2D eigenvalue weighted by Gasteiger charge is 2.26. The van der Waals surface area contributed by atoms with E-state index in [0.29, 0.717) is 42.9 Å². The fourth-order valence-electron chi connectivity index (χ4n) is 3.22. The van der Waals surface area contributed by atoms with Crippen molar-refractivity contribution in [3.63, 3.8) is 0 Å². The van der Waals surface area contributed by atoms with Crippen molar-refractivity contribution < 1.29 is 18.8 Å². The molecule has 1 saturated heterocycles. The number of piperidine rings is 1. The molecule has 2 heterocycles. The van der Waals surface area contributed by atoms with Gasteiger partial charge < -0.3 is 18.9 Å². The Morgan fingerprint density at radius 1 is 1.32 bits per heavy atom. The molecule has 1 amide bonds. The van der Waals surface area contributed by atoms with E-state index in [2.05, 4.69) is 17.1 Å². The number of rotatable bonds is 7. The van der Waals surface area contributed by atoms with E-state index in [9.17, 15) is 4.79 Å². The quantitative estimate of drug-likeness (QED) is 0.678. The lowest BCUT2D eigenvalue weighted by molar-refractivity contribution is -0.127. The second kappa shape index (κ2) is 9.39. The molecule has 0 radical (unpaired) electrons. The molecule has 0 unspecified atom stereocenters. The van der Waals surface area contributed by atoms with Crippen LogP contribution < -0.4 is 9.47 Å². The van der Waals surface area contributed by atoms with Gasteiger partial charge in [0, 0.05) is 25.1 Å². The maximum atomic E-state index is 12.5. The van der Waals surface area contributed by atoms with E-state index in [1.165, 1.54) is 0 Å². The normalized spacial score (nSPS) is 15.2. The van der Waals surface area contributed by atoms with Crippen molar-refractivity contribution >= 4 is 12.0 Å². The van der Waals surface area contributed by atoms with Gasteiger partial charge in [0.05, 0.1) is 13.7 Å². The van der Waals surface area contributed by atoms with Crippen molar-refractivity contribution in [2.75, 3.05) is 26.8 Å². The lowest BCUT2D eigenvalue weighted by Crippen LogP contribution is -2.36. The summed E-state index contributed by atoms with van der Waals surface area (Å²) in [4.78, 5) is 18.7. The molecule has 1 aliphatic heterocycles. The van der Waals surface area contributed by atoms with Crippen LogP contribution in [0.2, 0.25) is 0 Å². The Balaban J connectivity index is 1.56. The first kappa shape index (κ1) is 19.9. The summed E-state index contributed by atoms with van der Waals surface area (Å²) in [5, 5.41) is 3.85. The van der Waals surface area contributed by atoms with Gasteiger partial charge in [0.2, 0.25) is 11.8 Å². The van der Waals surface area contributed by atoms with Crippen LogP contribution in [0.1, 0.15) is 49.4 Å². The molecule has 3 rings (SSSR count). The molecule has 0 atom stereocenters. The van der Waals surface area contributed by atoms with Gasteiger partial charge >= 0.3 is 0 Å². The Morgan fingerprint density at radius 2 is 2.11 bits per heavy atom. The van der Waals surface area contributed by atoms with Gasteiger partial charge in [0.15, 0.2) is 17.3 Å². The highest BCUT2D eigenvalue weighted by Crippen LogP contribution is 2.29. The minimum absolute atomic E-state index is 0.00503. The van der Waals surface area contributed by atoms with E-state index in [4.69, 9.17) is 14.0 Å². The lowest BCUT2D eigenvalue weighted by Gasteiger charge is -2.29. The number of hydrogen-bond donors (Lipinski definition) is 0. The van der Waals surface area contributed by atoms with Crippen molar-refractivity contribution in [2.45, 2.75) is 39.0 Å². The third kappa shape index (κ3) is 4.91. The van der Waals surface area contributed by atoms with Gasteiger partial charge in [-0.3, -0.25) is 4.79 Å². The summed E-state index contributed by atoms with van der Waals surface area (Å²) < 4.78 is 16.3. The molecule has 0 saturated carbocycles. The van der Waals surface area contributed by atoms with E-state index in [1.807, 2.05) is 36.1 Å². The molecule has 2 aromatic rings. The van der Waals surface area contributed by atoms with Crippen molar-refractivity contribution in [3.05, 3.63) is 41.6 Å². The highest BCUT2D eigenvalue weighted by atomic mass is 16.5. The van der Waals surface area contributed by atoms with Crippen molar-refractivity contribution in [1.82, 2.24) is 15.0 Å². The number of ether oxygens (including phenoxy) is 2. The van der Waals surface area contributed by atoms with Gasteiger partial charge in [-0.15, -0.1) is 0 Å².